The number of thioether (sulfide) groups is 1. The SMILES string of the molecule is c1ccc2[nH]c(SCCNCCc3ccsc3)nc2c1. The van der Waals surface area contributed by atoms with E-state index in [2.05, 4.69) is 38.2 Å². The molecule has 0 spiro atoms. The minimum atomic E-state index is 1.01. The average molecular weight is 303 g/mol. The van der Waals surface area contributed by atoms with Crippen LogP contribution in [0.15, 0.2) is 46.2 Å². The number of aromatic nitrogens is 2. The van der Waals surface area contributed by atoms with Gasteiger partial charge in [-0.3, -0.25) is 0 Å². The topological polar surface area (TPSA) is 40.7 Å². The quantitative estimate of drug-likeness (QED) is 0.518. The molecule has 3 aromatic rings. The van der Waals surface area contributed by atoms with Crippen LogP contribution in [0, 0.1) is 0 Å². The Bertz CT molecular complexity index is 613. The third-order valence-corrected chi connectivity index (χ3v) is 4.66. The highest BCUT2D eigenvalue weighted by molar-refractivity contribution is 7.99. The smallest absolute Gasteiger partial charge is 0.166 e. The Balaban J connectivity index is 1.37. The van der Waals surface area contributed by atoms with Crippen molar-refractivity contribution >= 4 is 34.1 Å². The second kappa shape index (κ2) is 6.92. The Morgan fingerprint density at radius 3 is 3.00 bits per heavy atom. The number of imidazole rings is 1. The van der Waals surface area contributed by atoms with Gasteiger partial charge in [0.25, 0.3) is 0 Å². The zero-order chi connectivity index (χ0) is 13.6. The standard InChI is InChI=1S/C15H17N3S2/c1-2-4-14-13(3-1)17-15(18-14)20-10-8-16-7-5-12-6-9-19-11-12/h1-4,6,9,11,16H,5,7-8,10H2,(H,17,18). The molecule has 0 saturated carbocycles. The normalized spacial score (nSPS) is 11.2. The van der Waals surface area contributed by atoms with E-state index >= 15 is 0 Å². The molecule has 0 atom stereocenters. The Hall–Kier alpha value is -1.30. The van der Waals surface area contributed by atoms with Crippen molar-refractivity contribution in [3.63, 3.8) is 0 Å². The van der Waals surface area contributed by atoms with Crippen LogP contribution in [0.3, 0.4) is 0 Å². The molecule has 20 heavy (non-hydrogen) atoms. The molecule has 1 aromatic carbocycles. The van der Waals surface area contributed by atoms with Gasteiger partial charge in [-0.2, -0.15) is 11.3 Å². The van der Waals surface area contributed by atoms with Crippen molar-refractivity contribution in [2.45, 2.75) is 11.6 Å². The number of aromatic amines is 1. The van der Waals surface area contributed by atoms with Gasteiger partial charge in [0.2, 0.25) is 0 Å². The van der Waals surface area contributed by atoms with Crippen molar-refractivity contribution in [1.82, 2.24) is 15.3 Å². The predicted molar refractivity (Wildman–Crippen MR) is 87.7 cm³/mol. The van der Waals surface area contributed by atoms with Gasteiger partial charge in [-0.25, -0.2) is 4.98 Å². The number of hydrogen-bond donors (Lipinski definition) is 2. The number of nitrogens with zero attached hydrogens (tertiary/aromatic N) is 1. The summed E-state index contributed by atoms with van der Waals surface area (Å²) in [5, 5.41) is 8.82. The van der Waals surface area contributed by atoms with E-state index in [1.54, 1.807) is 23.1 Å². The maximum absolute atomic E-state index is 4.55. The average Bonchev–Trinajstić information content (AvgIpc) is 3.11. The summed E-state index contributed by atoms with van der Waals surface area (Å²) in [7, 11) is 0. The van der Waals surface area contributed by atoms with Gasteiger partial charge in [0.05, 0.1) is 11.0 Å². The molecule has 3 rings (SSSR count). The highest BCUT2D eigenvalue weighted by atomic mass is 32.2. The molecule has 0 aliphatic heterocycles. The lowest BCUT2D eigenvalue weighted by atomic mass is 10.2. The molecule has 0 fully saturated rings. The fraction of sp³-hybridized carbons (Fsp3) is 0.267. The van der Waals surface area contributed by atoms with Crippen LogP contribution in [0.1, 0.15) is 5.56 Å². The molecular formula is C15H17N3S2. The summed E-state index contributed by atoms with van der Waals surface area (Å²) < 4.78 is 0. The zero-order valence-corrected chi connectivity index (χ0v) is 12.8. The molecule has 104 valence electrons. The minimum absolute atomic E-state index is 1.01. The third-order valence-electron chi connectivity index (χ3n) is 3.06. The van der Waals surface area contributed by atoms with E-state index in [4.69, 9.17) is 0 Å². The van der Waals surface area contributed by atoms with Crippen LogP contribution in [0.2, 0.25) is 0 Å². The Labute approximate surface area is 126 Å². The van der Waals surface area contributed by atoms with Crippen LogP contribution in [-0.4, -0.2) is 28.8 Å². The second-order valence-electron chi connectivity index (χ2n) is 4.54. The first-order valence-corrected chi connectivity index (χ1v) is 8.64. The van der Waals surface area contributed by atoms with E-state index < -0.39 is 0 Å². The van der Waals surface area contributed by atoms with Gasteiger partial charge in [-0.05, 0) is 47.5 Å². The molecule has 0 aliphatic carbocycles. The van der Waals surface area contributed by atoms with Gasteiger partial charge in [0.15, 0.2) is 5.16 Å². The maximum Gasteiger partial charge on any atom is 0.166 e. The Morgan fingerprint density at radius 1 is 1.20 bits per heavy atom. The molecule has 0 aliphatic rings. The van der Waals surface area contributed by atoms with Gasteiger partial charge in [-0.15, -0.1) is 0 Å². The lowest BCUT2D eigenvalue weighted by molar-refractivity contribution is 0.721. The molecule has 2 N–H and O–H groups in total. The van der Waals surface area contributed by atoms with Crippen molar-refractivity contribution in [2.24, 2.45) is 0 Å². The second-order valence-corrected chi connectivity index (χ2v) is 6.40. The van der Waals surface area contributed by atoms with E-state index in [9.17, 15) is 0 Å². The van der Waals surface area contributed by atoms with E-state index in [0.29, 0.717) is 0 Å². The lowest BCUT2D eigenvalue weighted by Gasteiger charge is -2.02. The summed E-state index contributed by atoms with van der Waals surface area (Å²) in [4.78, 5) is 7.89. The summed E-state index contributed by atoms with van der Waals surface area (Å²) in [6, 6.07) is 10.3. The monoisotopic (exact) mass is 303 g/mol. The highest BCUT2D eigenvalue weighted by Gasteiger charge is 2.01. The summed E-state index contributed by atoms with van der Waals surface area (Å²) in [5.41, 5.74) is 3.58. The molecule has 3 nitrogen and oxygen atoms in total. The molecule has 2 aromatic heterocycles. The maximum atomic E-state index is 4.55. The van der Waals surface area contributed by atoms with E-state index in [1.165, 1.54) is 5.56 Å². The third kappa shape index (κ3) is 3.62. The van der Waals surface area contributed by atoms with Crippen molar-refractivity contribution in [3.8, 4) is 0 Å². The highest BCUT2D eigenvalue weighted by Crippen LogP contribution is 2.18. The van der Waals surface area contributed by atoms with Crippen LogP contribution in [0.4, 0.5) is 0 Å². The largest absolute Gasteiger partial charge is 0.333 e. The lowest BCUT2D eigenvalue weighted by Crippen LogP contribution is -2.19. The van der Waals surface area contributed by atoms with Gasteiger partial charge >= 0.3 is 0 Å². The van der Waals surface area contributed by atoms with Crippen LogP contribution >= 0.6 is 23.1 Å². The number of para-hydroxylation sites is 2. The van der Waals surface area contributed by atoms with Crippen molar-refractivity contribution in [2.75, 3.05) is 18.8 Å². The van der Waals surface area contributed by atoms with E-state index in [-0.39, 0.29) is 0 Å². The summed E-state index contributed by atoms with van der Waals surface area (Å²) in [6.45, 7) is 2.04. The fourth-order valence-electron chi connectivity index (χ4n) is 2.01. The van der Waals surface area contributed by atoms with Crippen LogP contribution < -0.4 is 5.32 Å². The number of hydrogen-bond acceptors (Lipinski definition) is 4. The number of rotatable bonds is 7. The minimum Gasteiger partial charge on any atom is -0.333 e. The summed E-state index contributed by atoms with van der Waals surface area (Å²) in [5.74, 6) is 1.03. The van der Waals surface area contributed by atoms with Crippen LogP contribution in [0.25, 0.3) is 11.0 Å². The molecule has 0 radical (unpaired) electrons. The molecule has 5 heteroatoms. The van der Waals surface area contributed by atoms with Gasteiger partial charge in [-0.1, -0.05) is 23.9 Å². The first-order valence-electron chi connectivity index (χ1n) is 6.71. The molecule has 0 saturated heterocycles. The van der Waals surface area contributed by atoms with E-state index in [1.807, 2.05) is 18.2 Å². The van der Waals surface area contributed by atoms with Gasteiger partial charge < -0.3 is 10.3 Å². The molecule has 2 heterocycles. The molecule has 0 unspecified atom stereocenters. The number of fused-ring (bicyclic) bond motifs is 1. The van der Waals surface area contributed by atoms with Gasteiger partial charge in [0.1, 0.15) is 0 Å². The number of H-pyrrole nitrogens is 1. The first-order chi connectivity index (χ1) is 9.92. The first kappa shape index (κ1) is 13.7. The van der Waals surface area contributed by atoms with Gasteiger partial charge in [0, 0.05) is 12.3 Å². The fourth-order valence-corrected chi connectivity index (χ4v) is 3.50. The number of thiophene rings is 1. The zero-order valence-electron chi connectivity index (χ0n) is 11.1. The number of nitrogens with one attached hydrogen (secondary N) is 2. The molecule has 0 bridgehead atoms. The van der Waals surface area contributed by atoms with Crippen LogP contribution in [-0.2, 0) is 6.42 Å². The summed E-state index contributed by atoms with van der Waals surface area (Å²) in [6.07, 6.45) is 1.11. The molecular weight excluding hydrogens is 286 g/mol. The van der Waals surface area contributed by atoms with Crippen molar-refractivity contribution in [1.29, 1.82) is 0 Å². The molecule has 0 amide bonds. The van der Waals surface area contributed by atoms with Crippen molar-refractivity contribution < 1.29 is 0 Å². The predicted octanol–water partition coefficient (Wildman–Crippen LogP) is 3.55. The Morgan fingerprint density at radius 2 is 2.15 bits per heavy atom. The number of benzene rings is 1. The van der Waals surface area contributed by atoms with Crippen molar-refractivity contribution in [3.05, 3.63) is 46.7 Å². The Kier molecular flexibility index (Phi) is 4.73. The van der Waals surface area contributed by atoms with E-state index in [0.717, 1.165) is 41.5 Å². The summed E-state index contributed by atoms with van der Waals surface area (Å²) >= 11 is 3.53. The van der Waals surface area contributed by atoms with Crippen LogP contribution in [0.5, 0.6) is 0 Å².